The van der Waals surface area contributed by atoms with E-state index in [0.717, 1.165) is 75.6 Å². The number of hydrogen-bond acceptors (Lipinski definition) is 10. The SMILES string of the molecule is CN(CCCc1nc(-c2ccc(COC3CCCCO3)cc2)no1)C1CCC(OC(C(=O)O)(c2cccs2)c2cccs2)CC1. The molecule has 1 unspecified atom stereocenters. The highest BCUT2D eigenvalue weighted by atomic mass is 32.1. The van der Waals surface area contributed by atoms with Crippen LogP contribution in [0.25, 0.3) is 11.4 Å². The van der Waals surface area contributed by atoms with Crippen LogP contribution in [0.15, 0.2) is 63.8 Å². The van der Waals surface area contributed by atoms with Crippen LogP contribution in [0.3, 0.4) is 0 Å². The van der Waals surface area contributed by atoms with Crippen molar-refractivity contribution in [3.8, 4) is 11.4 Å². The first kappa shape index (κ1) is 32.0. The second-order valence-electron chi connectivity index (χ2n) is 11.9. The van der Waals surface area contributed by atoms with E-state index >= 15 is 0 Å². The molecule has 4 aromatic rings. The van der Waals surface area contributed by atoms with Gasteiger partial charge in [0.1, 0.15) is 0 Å². The molecule has 2 fully saturated rings. The van der Waals surface area contributed by atoms with Crippen LogP contribution in [0.2, 0.25) is 0 Å². The van der Waals surface area contributed by atoms with Gasteiger partial charge in [-0.05, 0) is 93.4 Å². The fraction of sp³-hybridized carbons (Fsp3) is 0.500. The minimum Gasteiger partial charge on any atom is -0.479 e. The van der Waals surface area contributed by atoms with Crippen molar-refractivity contribution in [2.45, 2.75) is 88.4 Å². The maximum Gasteiger partial charge on any atom is 0.347 e. The normalized spacial score (nSPS) is 20.9. The van der Waals surface area contributed by atoms with Crippen molar-refractivity contribution in [3.63, 3.8) is 0 Å². The molecule has 1 atom stereocenters. The zero-order chi connectivity index (χ0) is 31.1. The summed E-state index contributed by atoms with van der Waals surface area (Å²) in [4.78, 5) is 21.2. The van der Waals surface area contributed by atoms with Crippen molar-refractivity contribution in [2.24, 2.45) is 0 Å². The molecule has 1 saturated carbocycles. The van der Waals surface area contributed by atoms with Crippen LogP contribution >= 0.6 is 22.7 Å². The van der Waals surface area contributed by atoms with E-state index in [-0.39, 0.29) is 12.4 Å². The van der Waals surface area contributed by atoms with Crippen molar-refractivity contribution in [1.82, 2.24) is 15.0 Å². The molecule has 240 valence electrons. The Morgan fingerprint density at radius 2 is 1.76 bits per heavy atom. The maximum atomic E-state index is 12.7. The van der Waals surface area contributed by atoms with Gasteiger partial charge < -0.3 is 28.7 Å². The van der Waals surface area contributed by atoms with Gasteiger partial charge in [0.2, 0.25) is 17.3 Å². The number of thiophene rings is 2. The second kappa shape index (κ2) is 15.1. The standard InChI is InChI=1S/C34H41N3O6S2/c1-37(26-15-17-27(18-16-26)42-34(33(38)39,28-7-5-21-44-28)29-8-6-22-45-29)19-4-9-30-35-32(36-43-30)25-13-11-24(12-14-25)23-41-31-10-2-3-20-40-31/h5-8,11-14,21-22,26-27,31H,2-4,9-10,15-20,23H2,1H3,(H,38,39). The highest BCUT2D eigenvalue weighted by Gasteiger charge is 2.48. The average molecular weight is 652 g/mol. The van der Waals surface area contributed by atoms with Gasteiger partial charge in [-0.2, -0.15) is 4.98 Å². The van der Waals surface area contributed by atoms with E-state index in [0.29, 0.717) is 40.5 Å². The Hall–Kier alpha value is -2.93. The van der Waals surface area contributed by atoms with Crippen LogP contribution in [-0.2, 0) is 37.6 Å². The monoisotopic (exact) mass is 651 g/mol. The number of aliphatic carboxylic acids is 1. The molecule has 9 nitrogen and oxygen atoms in total. The largest absolute Gasteiger partial charge is 0.479 e. The van der Waals surface area contributed by atoms with Crippen molar-refractivity contribution < 1.29 is 28.6 Å². The first-order valence-corrected chi connectivity index (χ1v) is 17.6. The van der Waals surface area contributed by atoms with Gasteiger partial charge in [-0.15, -0.1) is 22.7 Å². The summed E-state index contributed by atoms with van der Waals surface area (Å²) in [7, 11) is 2.16. The van der Waals surface area contributed by atoms with E-state index in [1.807, 2.05) is 59.3 Å². The summed E-state index contributed by atoms with van der Waals surface area (Å²) in [6.07, 6.45) is 8.21. The molecule has 3 aromatic heterocycles. The highest BCUT2D eigenvalue weighted by molar-refractivity contribution is 7.12. The first-order valence-electron chi connectivity index (χ1n) is 15.9. The van der Waals surface area contributed by atoms with Gasteiger partial charge in [0.25, 0.3) is 0 Å². The van der Waals surface area contributed by atoms with Crippen LogP contribution in [0.1, 0.15) is 72.6 Å². The number of nitrogens with zero attached hydrogens (tertiary/aromatic N) is 3. The molecule has 0 spiro atoms. The lowest BCUT2D eigenvalue weighted by molar-refractivity contribution is -0.170. The topological polar surface area (TPSA) is 107 Å². The molecule has 1 aliphatic heterocycles. The van der Waals surface area contributed by atoms with Crippen molar-refractivity contribution in [3.05, 3.63) is 80.5 Å². The number of carboxylic acid groups (broad SMARTS) is 1. The molecule has 0 radical (unpaired) electrons. The van der Waals surface area contributed by atoms with Gasteiger partial charge in [-0.3, -0.25) is 0 Å². The smallest absolute Gasteiger partial charge is 0.347 e. The van der Waals surface area contributed by atoms with E-state index < -0.39 is 11.6 Å². The highest BCUT2D eigenvalue weighted by Crippen LogP contribution is 2.42. The molecular formula is C34H41N3O6S2. The first-order chi connectivity index (χ1) is 22.0. The summed E-state index contributed by atoms with van der Waals surface area (Å²) in [6.45, 7) is 2.22. The molecule has 1 aromatic carbocycles. The number of ether oxygens (including phenoxy) is 3. The summed E-state index contributed by atoms with van der Waals surface area (Å²) in [5, 5.41) is 18.4. The lowest BCUT2D eigenvalue weighted by Gasteiger charge is -2.38. The van der Waals surface area contributed by atoms with Crippen LogP contribution < -0.4 is 0 Å². The van der Waals surface area contributed by atoms with Crippen LogP contribution in [0, 0.1) is 0 Å². The van der Waals surface area contributed by atoms with E-state index in [1.54, 1.807) is 0 Å². The summed E-state index contributed by atoms with van der Waals surface area (Å²) >= 11 is 2.86. The quantitative estimate of drug-likeness (QED) is 0.152. The predicted octanol–water partition coefficient (Wildman–Crippen LogP) is 7.12. The van der Waals surface area contributed by atoms with Crippen molar-refractivity contribution in [2.75, 3.05) is 20.2 Å². The van der Waals surface area contributed by atoms with Gasteiger partial charge in [-0.25, -0.2) is 4.79 Å². The van der Waals surface area contributed by atoms with Crippen LogP contribution in [0.4, 0.5) is 0 Å². The number of carbonyl (C=O) groups is 1. The summed E-state index contributed by atoms with van der Waals surface area (Å²) in [6, 6.07) is 16.0. The summed E-state index contributed by atoms with van der Waals surface area (Å²) in [5.41, 5.74) is 0.560. The van der Waals surface area contributed by atoms with Crippen molar-refractivity contribution in [1.29, 1.82) is 0 Å². The van der Waals surface area contributed by atoms with Gasteiger partial charge >= 0.3 is 5.97 Å². The van der Waals surface area contributed by atoms with E-state index in [1.165, 1.54) is 22.7 Å². The summed E-state index contributed by atoms with van der Waals surface area (Å²) in [5.74, 6) is 0.287. The van der Waals surface area contributed by atoms with Gasteiger partial charge in [0, 0.05) is 24.6 Å². The Bertz CT molecular complexity index is 1430. The predicted molar refractivity (Wildman–Crippen MR) is 173 cm³/mol. The zero-order valence-electron chi connectivity index (χ0n) is 25.6. The molecule has 1 saturated heterocycles. The van der Waals surface area contributed by atoms with E-state index in [2.05, 4.69) is 22.1 Å². The number of aromatic nitrogens is 2. The fourth-order valence-corrected chi connectivity index (χ4v) is 8.04. The van der Waals surface area contributed by atoms with E-state index in [9.17, 15) is 9.90 Å². The lowest BCUT2D eigenvalue weighted by Crippen LogP contribution is -2.44. The Morgan fingerprint density at radius 3 is 2.38 bits per heavy atom. The third-order valence-corrected chi connectivity index (χ3v) is 10.7. The number of aryl methyl sites for hydroxylation is 1. The van der Waals surface area contributed by atoms with Gasteiger partial charge in [-0.1, -0.05) is 41.6 Å². The molecule has 1 N–H and O–H groups in total. The Balaban J connectivity index is 0.951. The van der Waals surface area contributed by atoms with E-state index in [4.69, 9.17) is 18.7 Å². The molecule has 6 rings (SSSR count). The Labute approximate surface area is 272 Å². The van der Waals surface area contributed by atoms with Gasteiger partial charge in [0.15, 0.2) is 6.29 Å². The maximum absolute atomic E-state index is 12.7. The molecular weight excluding hydrogens is 611 g/mol. The molecule has 4 heterocycles. The molecule has 2 aliphatic rings. The number of benzene rings is 1. The lowest BCUT2D eigenvalue weighted by atomic mass is 9.90. The Kier molecular flexibility index (Phi) is 10.8. The average Bonchev–Trinajstić information content (AvgIpc) is 3.88. The number of carboxylic acids is 1. The third-order valence-electron chi connectivity index (χ3n) is 8.80. The molecule has 45 heavy (non-hydrogen) atoms. The summed E-state index contributed by atoms with van der Waals surface area (Å²) < 4.78 is 23.6. The van der Waals surface area contributed by atoms with Crippen molar-refractivity contribution >= 4 is 28.6 Å². The molecule has 0 bridgehead atoms. The van der Waals surface area contributed by atoms with Crippen LogP contribution in [0.5, 0.6) is 0 Å². The van der Waals surface area contributed by atoms with Gasteiger partial charge in [0.05, 0.1) is 22.5 Å². The minimum absolute atomic E-state index is 0.0986. The molecule has 11 heteroatoms. The fourth-order valence-electron chi connectivity index (χ4n) is 6.23. The van der Waals surface area contributed by atoms with Crippen LogP contribution in [-0.4, -0.2) is 64.8 Å². The second-order valence-corrected chi connectivity index (χ2v) is 13.8. The number of rotatable bonds is 14. The molecule has 1 aliphatic carbocycles. The zero-order valence-corrected chi connectivity index (χ0v) is 27.3. The third kappa shape index (κ3) is 7.73. The Morgan fingerprint density at radius 1 is 1.02 bits per heavy atom. The molecule has 0 amide bonds. The number of hydrogen-bond donors (Lipinski definition) is 1. The minimum atomic E-state index is -1.45.